The number of tetrazole rings is 1. The summed E-state index contributed by atoms with van der Waals surface area (Å²) in [6.07, 6.45) is 1.81. The molecule has 1 atom stereocenters. The quantitative estimate of drug-likeness (QED) is 0.739. The van der Waals surface area contributed by atoms with E-state index in [9.17, 15) is 9.59 Å². The van der Waals surface area contributed by atoms with Crippen LogP contribution in [-0.2, 0) is 11.8 Å². The number of aryl methyl sites for hydroxylation is 1. The lowest BCUT2D eigenvalue weighted by Crippen LogP contribution is -2.44. The zero-order chi connectivity index (χ0) is 18.5. The average Bonchev–Trinajstić information content (AvgIpc) is 3.08. The fourth-order valence-corrected chi connectivity index (χ4v) is 3.09. The number of aromatic nitrogens is 4. The maximum absolute atomic E-state index is 12.3. The molecule has 1 fully saturated rings. The highest BCUT2D eigenvalue weighted by molar-refractivity contribution is 5.94. The van der Waals surface area contributed by atoms with Crippen LogP contribution in [0.15, 0.2) is 24.3 Å². The van der Waals surface area contributed by atoms with E-state index < -0.39 is 0 Å². The SMILES string of the molecule is Cn1nnc(-c2ccc(C(=O)NCCN3CCC[C@H](C(N)=O)C3)cc2)n1. The molecule has 9 nitrogen and oxygen atoms in total. The van der Waals surface area contributed by atoms with Gasteiger partial charge in [0.1, 0.15) is 0 Å². The Balaban J connectivity index is 1.48. The first-order valence-corrected chi connectivity index (χ1v) is 8.67. The Kier molecular flexibility index (Phi) is 5.57. The van der Waals surface area contributed by atoms with E-state index in [4.69, 9.17) is 5.73 Å². The Morgan fingerprint density at radius 2 is 2.08 bits per heavy atom. The Labute approximate surface area is 151 Å². The van der Waals surface area contributed by atoms with E-state index >= 15 is 0 Å². The molecule has 0 spiro atoms. The third-order valence-corrected chi connectivity index (χ3v) is 4.54. The number of nitrogens with two attached hydrogens (primary N) is 1. The molecule has 0 bridgehead atoms. The molecule has 1 aliphatic heterocycles. The predicted octanol–water partition coefficient (Wildman–Crippen LogP) is -0.196. The summed E-state index contributed by atoms with van der Waals surface area (Å²) in [7, 11) is 1.70. The van der Waals surface area contributed by atoms with Crippen LogP contribution in [0, 0.1) is 5.92 Å². The number of nitrogens with one attached hydrogen (secondary N) is 1. The molecule has 1 aromatic carbocycles. The number of hydrogen-bond acceptors (Lipinski definition) is 6. The Hall–Kier alpha value is -2.81. The van der Waals surface area contributed by atoms with Crippen LogP contribution < -0.4 is 11.1 Å². The molecule has 1 aliphatic rings. The lowest BCUT2D eigenvalue weighted by Gasteiger charge is -2.31. The summed E-state index contributed by atoms with van der Waals surface area (Å²) < 4.78 is 0. The molecule has 2 heterocycles. The van der Waals surface area contributed by atoms with Crippen molar-refractivity contribution in [2.75, 3.05) is 26.2 Å². The molecule has 9 heteroatoms. The minimum Gasteiger partial charge on any atom is -0.369 e. The summed E-state index contributed by atoms with van der Waals surface area (Å²) in [5, 5.41) is 14.8. The second-order valence-electron chi connectivity index (χ2n) is 6.48. The maximum Gasteiger partial charge on any atom is 0.251 e. The normalized spacial score (nSPS) is 17.8. The number of piperidine rings is 1. The highest BCUT2D eigenvalue weighted by Crippen LogP contribution is 2.16. The van der Waals surface area contributed by atoms with Crippen molar-refractivity contribution in [2.24, 2.45) is 18.7 Å². The number of likely N-dealkylation sites (tertiary alicyclic amines) is 1. The van der Waals surface area contributed by atoms with Crippen LogP contribution >= 0.6 is 0 Å². The second-order valence-corrected chi connectivity index (χ2v) is 6.48. The van der Waals surface area contributed by atoms with Gasteiger partial charge in [-0.15, -0.1) is 10.2 Å². The van der Waals surface area contributed by atoms with E-state index in [1.54, 1.807) is 31.3 Å². The fourth-order valence-electron chi connectivity index (χ4n) is 3.09. The second kappa shape index (κ2) is 8.05. The standard InChI is InChI=1S/C17H23N7O2/c1-23-21-16(20-22-23)12-4-6-13(7-5-12)17(26)19-8-10-24-9-2-3-14(11-24)15(18)25/h4-7,14H,2-3,8-11H2,1H3,(H2,18,25)(H,19,26)/t14-/m0/s1. The lowest BCUT2D eigenvalue weighted by molar-refractivity contribution is -0.123. The third kappa shape index (κ3) is 4.42. The van der Waals surface area contributed by atoms with E-state index in [0.717, 1.165) is 24.9 Å². The molecule has 0 aliphatic carbocycles. The van der Waals surface area contributed by atoms with Gasteiger partial charge in [-0.25, -0.2) is 0 Å². The van der Waals surface area contributed by atoms with Crippen LogP contribution in [0.1, 0.15) is 23.2 Å². The molecule has 3 rings (SSSR count). The minimum absolute atomic E-state index is 0.0818. The fraction of sp³-hybridized carbons (Fsp3) is 0.471. The Morgan fingerprint density at radius 1 is 1.31 bits per heavy atom. The first-order chi connectivity index (χ1) is 12.5. The van der Waals surface area contributed by atoms with Crippen LogP contribution in [0.2, 0.25) is 0 Å². The zero-order valence-electron chi connectivity index (χ0n) is 14.8. The summed E-state index contributed by atoms with van der Waals surface area (Å²) in [6, 6.07) is 7.08. The molecule has 2 aromatic rings. The number of rotatable bonds is 6. The summed E-state index contributed by atoms with van der Waals surface area (Å²) in [5.41, 5.74) is 6.77. The van der Waals surface area contributed by atoms with E-state index in [1.807, 2.05) is 0 Å². The van der Waals surface area contributed by atoms with Crippen LogP contribution in [0.3, 0.4) is 0 Å². The monoisotopic (exact) mass is 357 g/mol. The summed E-state index contributed by atoms with van der Waals surface area (Å²) in [5.74, 6) is 0.0683. The van der Waals surface area contributed by atoms with Gasteiger partial charge in [-0.1, -0.05) is 12.1 Å². The third-order valence-electron chi connectivity index (χ3n) is 4.54. The summed E-state index contributed by atoms with van der Waals surface area (Å²) in [6.45, 7) is 2.83. The first-order valence-electron chi connectivity index (χ1n) is 8.67. The predicted molar refractivity (Wildman–Crippen MR) is 94.9 cm³/mol. The van der Waals surface area contributed by atoms with Gasteiger partial charge in [0.15, 0.2) is 0 Å². The molecule has 0 unspecified atom stereocenters. The van der Waals surface area contributed by atoms with Crippen molar-refractivity contribution >= 4 is 11.8 Å². The lowest BCUT2D eigenvalue weighted by atomic mass is 9.97. The number of amides is 2. The van der Waals surface area contributed by atoms with Crippen molar-refractivity contribution in [3.8, 4) is 11.4 Å². The molecule has 1 aromatic heterocycles. The molecule has 0 saturated carbocycles. The van der Waals surface area contributed by atoms with Crippen molar-refractivity contribution < 1.29 is 9.59 Å². The highest BCUT2D eigenvalue weighted by Gasteiger charge is 2.23. The van der Waals surface area contributed by atoms with Crippen molar-refractivity contribution in [3.05, 3.63) is 29.8 Å². The maximum atomic E-state index is 12.3. The van der Waals surface area contributed by atoms with Gasteiger partial charge < -0.3 is 16.0 Å². The van der Waals surface area contributed by atoms with Gasteiger partial charge in [-0.3, -0.25) is 9.59 Å². The highest BCUT2D eigenvalue weighted by atomic mass is 16.2. The van der Waals surface area contributed by atoms with E-state index in [-0.39, 0.29) is 17.7 Å². The van der Waals surface area contributed by atoms with E-state index in [1.165, 1.54) is 4.80 Å². The number of primary amides is 1. The molecule has 138 valence electrons. The smallest absolute Gasteiger partial charge is 0.251 e. The van der Waals surface area contributed by atoms with Crippen molar-refractivity contribution in [3.63, 3.8) is 0 Å². The van der Waals surface area contributed by atoms with Gasteiger partial charge in [-0.05, 0) is 36.7 Å². The van der Waals surface area contributed by atoms with Crippen LogP contribution in [0.25, 0.3) is 11.4 Å². The summed E-state index contributed by atoms with van der Waals surface area (Å²) in [4.78, 5) is 27.1. The number of nitrogens with zero attached hydrogens (tertiary/aromatic N) is 5. The number of carbonyl (C=O) groups is 2. The van der Waals surface area contributed by atoms with E-state index in [0.29, 0.717) is 31.0 Å². The molecule has 26 heavy (non-hydrogen) atoms. The van der Waals surface area contributed by atoms with Gasteiger partial charge in [0.2, 0.25) is 11.7 Å². The Bertz CT molecular complexity index is 772. The van der Waals surface area contributed by atoms with Gasteiger partial charge in [0, 0.05) is 30.8 Å². The number of hydrogen-bond donors (Lipinski definition) is 2. The first kappa shape index (κ1) is 18.0. The number of benzene rings is 1. The average molecular weight is 357 g/mol. The molecule has 0 radical (unpaired) electrons. The molecule has 2 amide bonds. The van der Waals surface area contributed by atoms with Gasteiger partial charge >= 0.3 is 0 Å². The molecule has 1 saturated heterocycles. The topological polar surface area (TPSA) is 119 Å². The summed E-state index contributed by atoms with van der Waals surface area (Å²) >= 11 is 0. The molecular formula is C17H23N7O2. The van der Waals surface area contributed by atoms with Crippen molar-refractivity contribution in [1.29, 1.82) is 0 Å². The van der Waals surface area contributed by atoms with Gasteiger partial charge in [0.25, 0.3) is 5.91 Å². The van der Waals surface area contributed by atoms with Crippen LogP contribution in [-0.4, -0.2) is 63.1 Å². The van der Waals surface area contributed by atoms with Crippen LogP contribution in [0.5, 0.6) is 0 Å². The Morgan fingerprint density at radius 3 is 2.73 bits per heavy atom. The van der Waals surface area contributed by atoms with Crippen molar-refractivity contribution in [2.45, 2.75) is 12.8 Å². The number of carbonyl (C=O) groups excluding carboxylic acids is 2. The van der Waals surface area contributed by atoms with Crippen molar-refractivity contribution in [1.82, 2.24) is 30.4 Å². The van der Waals surface area contributed by atoms with Gasteiger partial charge in [-0.2, -0.15) is 4.80 Å². The van der Waals surface area contributed by atoms with Gasteiger partial charge in [0.05, 0.1) is 13.0 Å². The van der Waals surface area contributed by atoms with E-state index in [2.05, 4.69) is 25.6 Å². The largest absolute Gasteiger partial charge is 0.369 e. The minimum atomic E-state index is -0.239. The zero-order valence-corrected chi connectivity index (χ0v) is 14.8. The molecule has 3 N–H and O–H groups in total. The van der Waals surface area contributed by atoms with Crippen LogP contribution in [0.4, 0.5) is 0 Å². The molecular weight excluding hydrogens is 334 g/mol.